The number of piperidine rings is 1. The van der Waals surface area contributed by atoms with Crippen LogP contribution in [0, 0.1) is 5.92 Å². The SMILES string of the molecule is CCc1c(Oc2cccc(C3CCN(C)CC3)c2)nc(NS(=O)(=O)c2cnn(C)c2)nc1-c1ccccc1CC(C)C. The Morgan fingerprint density at radius 3 is 2.50 bits per heavy atom. The molecule has 0 unspecified atom stereocenters. The lowest BCUT2D eigenvalue weighted by Gasteiger charge is -2.29. The Labute approximate surface area is 249 Å². The molecule has 0 aliphatic carbocycles. The molecule has 9 nitrogen and oxygen atoms in total. The van der Waals surface area contributed by atoms with Crippen molar-refractivity contribution in [2.45, 2.75) is 57.3 Å². The topological polar surface area (TPSA) is 102 Å². The minimum absolute atomic E-state index is 0.0308. The second-order valence-corrected chi connectivity index (χ2v) is 13.2. The minimum atomic E-state index is -3.97. The molecule has 1 fully saturated rings. The number of nitrogens with one attached hydrogen (secondary N) is 1. The highest BCUT2D eigenvalue weighted by atomic mass is 32.2. The number of ether oxygens (including phenoxy) is 1. The Morgan fingerprint density at radius 2 is 1.81 bits per heavy atom. The second-order valence-electron chi connectivity index (χ2n) is 11.5. The van der Waals surface area contributed by atoms with E-state index < -0.39 is 10.0 Å². The third-order valence-corrected chi connectivity index (χ3v) is 8.99. The van der Waals surface area contributed by atoms with Crippen molar-refractivity contribution in [3.8, 4) is 22.9 Å². The summed E-state index contributed by atoms with van der Waals surface area (Å²) in [6.45, 7) is 8.53. The number of anilines is 1. The van der Waals surface area contributed by atoms with Crippen LogP contribution < -0.4 is 9.46 Å². The normalized spacial score (nSPS) is 14.8. The van der Waals surface area contributed by atoms with Crippen molar-refractivity contribution in [1.29, 1.82) is 0 Å². The number of hydrogen-bond acceptors (Lipinski definition) is 7. The fraction of sp³-hybridized carbons (Fsp3) is 0.406. The van der Waals surface area contributed by atoms with Crippen LogP contribution in [-0.2, 0) is 29.9 Å². The van der Waals surface area contributed by atoms with E-state index >= 15 is 0 Å². The van der Waals surface area contributed by atoms with Gasteiger partial charge in [-0.15, -0.1) is 0 Å². The first-order chi connectivity index (χ1) is 20.1. The highest BCUT2D eigenvalue weighted by Crippen LogP contribution is 2.37. The van der Waals surface area contributed by atoms with Crippen molar-refractivity contribution in [3.05, 3.63) is 77.6 Å². The molecule has 0 saturated carbocycles. The molecule has 3 heterocycles. The summed E-state index contributed by atoms with van der Waals surface area (Å²) in [5.74, 6) is 1.86. The number of likely N-dealkylation sites (tertiary alicyclic amines) is 1. The van der Waals surface area contributed by atoms with Gasteiger partial charge in [-0.1, -0.05) is 57.2 Å². The number of aryl methyl sites for hydroxylation is 1. The molecule has 4 aromatic rings. The van der Waals surface area contributed by atoms with Crippen LogP contribution in [0.15, 0.2) is 65.8 Å². The van der Waals surface area contributed by atoms with Crippen LogP contribution in [0.3, 0.4) is 0 Å². The maximum absolute atomic E-state index is 13.3. The molecule has 1 N–H and O–H groups in total. The first kappa shape index (κ1) is 29.7. The van der Waals surface area contributed by atoms with Crippen molar-refractivity contribution in [2.24, 2.45) is 13.0 Å². The molecular weight excluding hydrogens is 548 g/mol. The van der Waals surface area contributed by atoms with Crippen molar-refractivity contribution < 1.29 is 13.2 Å². The summed E-state index contributed by atoms with van der Waals surface area (Å²) in [4.78, 5) is 11.8. The number of benzene rings is 2. The predicted octanol–water partition coefficient (Wildman–Crippen LogP) is 6.04. The lowest BCUT2D eigenvalue weighted by atomic mass is 9.89. The van der Waals surface area contributed by atoms with E-state index in [1.807, 2.05) is 37.3 Å². The Balaban J connectivity index is 1.58. The van der Waals surface area contributed by atoms with Crippen LogP contribution in [-0.4, -0.2) is 53.2 Å². The summed E-state index contributed by atoms with van der Waals surface area (Å²) in [7, 11) is -0.145. The van der Waals surface area contributed by atoms with Crippen molar-refractivity contribution in [2.75, 3.05) is 24.9 Å². The molecule has 222 valence electrons. The van der Waals surface area contributed by atoms with E-state index in [1.165, 1.54) is 22.6 Å². The maximum atomic E-state index is 13.3. The number of rotatable bonds is 10. The molecule has 0 radical (unpaired) electrons. The van der Waals surface area contributed by atoms with Gasteiger partial charge in [0.1, 0.15) is 10.6 Å². The van der Waals surface area contributed by atoms with Gasteiger partial charge in [-0.05, 0) is 80.9 Å². The van der Waals surface area contributed by atoms with E-state index in [0.29, 0.717) is 35.6 Å². The summed E-state index contributed by atoms with van der Waals surface area (Å²) >= 11 is 0. The summed E-state index contributed by atoms with van der Waals surface area (Å²) < 4.78 is 37.0. The first-order valence-corrected chi connectivity index (χ1v) is 16.1. The van der Waals surface area contributed by atoms with Gasteiger partial charge in [0.05, 0.1) is 11.9 Å². The monoisotopic (exact) mass is 588 g/mol. The average Bonchev–Trinajstić information content (AvgIpc) is 3.40. The minimum Gasteiger partial charge on any atom is -0.439 e. The van der Waals surface area contributed by atoms with Crippen LogP contribution in [0.25, 0.3) is 11.3 Å². The van der Waals surface area contributed by atoms with E-state index in [9.17, 15) is 8.42 Å². The number of aromatic nitrogens is 4. The van der Waals surface area contributed by atoms with Crippen LogP contribution in [0.1, 0.15) is 56.2 Å². The van der Waals surface area contributed by atoms with Crippen molar-refractivity contribution in [1.82, 2.24) is 24.6 Å². The molecule has 1 aliphatic heterocycles. The molecule has 0 atom stereocenters. The summed E-state index contributed by atoms with van der Waals surface area (Å²) in [5.41, 5.74) is 4.80. The van der Waals surface area contributed by atoms with E-state index in [2.05, 4.69) is 58.8 Å². The Kier molecular flexibility index (Phi) is 8.93. The third-order valence-electron chi connectivity index (χ3n) is 7.70. The highest BCUT2D eigenvalue weighted by molar-refractivity contribution is 7.92. The van der Waals surface area contributed by atoms with Gasteiger partial charge < -0.3 is 9.64 Å². The fourth-order valence-electron chi connectivity index (χ4n) is 5.51. The zero-order valence-electron chi connectivity index (χ0n) is 25.0. The lowest BCUT2D eigenvalue weighted by Crippen LogP contribution is -2.29. The Hall–Kier alpha value is -3.76. The molecular formula is C32H40N6O3S. The zero-order valence-corrected chi connectivity index (χ0v) is 25.9. The van der Waals surface area contributed by atoms with E-state index in [0.717, 1.165) is 49.0 Å². The summed E-state index contributed by atoms with van der Waals surface area (Å²) in [6, 6.07) is 16.3. The zero-order chi connectivity index (χ0) is 29.9. The third kappa shape index (κ3) is 6.82. The quantitative estimate of drug-likeness (QED) is 0.241. The smallest absolute Gasteiger partial charge is 0.267 e. The van der Waals surface area contributed by atoms with Crippen molar-refractivity contribution in [3.63, 3.8) is 0 Å². The molecule has 5 rings (SSSR count). The second kappa shape index (κ2) is 12.6. The van der Waals surface area contributed by atoms with Crippen LogP contribution >= 0.6 is 0 Å². The maximum Gasteiger partial charge on any atom is 0.267 e. The van der Waals surface area contributed by atoms with Crippen LogP contribution in [0.5, 0.6) is 11.6 Å². The number of nitrogens with zero attached hydrogens (tertiary/aromatic N) is 5. The molecule has 2 aromatic carbocycles. The van der Waals surface area contributed by atoms with Crippen LogP contribution in [0.2, 0.25) is 0 Å². The van der Waals surface area contributed by atoms with Crippen molar-refractivity contribution >= 4 is 16.0 Å². The molecule has 2 aromatic heterocycles. The average molecular weight is 589 g/mol. The van der Waals surface area contributed by atoms with Gasteiger partial charge in [0.15, 0.2) is 0 Å². The first-order valence-electron chi connectivity index (χ1n) is 14.6. The molecule has 10 heteroatoms. The van der Waals surface area contributed by atoms with E-state index in [1.54, 1.807) is 7.05 Å². The molecule has 0 spiro atoms. The Bertz CT molecular complexity index is 1640. The van der Waals surface area contributed by atoms with E-state index in [4.69, 9.17) is 9.72 Å². The van der Waals surface area contributed by atoms with Gasteiger partial charge >= 0.3 is 0 Å². The molecule has 42 heavy (non-hydrogen) atoms. The van der Waals surface area contributed by atoms with Gasteiger partial charge in [-0.2, -0.15) is 10.1 Å². The fourth-order valence-corrected chi connectivity index (χ4v) is 6.43. The van der Waals surface area contributed by atoms with Gasteiger partial charge in [0, 0.05) is 24.4 Å². The molecule has 0 amide bonds. The van der Waals surface area contributed by atoms with E-state index in [-0.39, 0.29) is 10.8 Å². The predicted molar refractivity (Wildman–Crippen MR) is 165 cm³/mol. The Morgan fingerprint density at radius 1 is 1.05 bits per heavy atom. The summed E-state index contributed by atoms with van der Waals surface area (Å²) in [6.07, 6.45) is 6.40. The number of sulfonamides is 1. The molecule has 0 bridgehead atoms. The van der Waals surface area contributed by atoms with Gasteiger partial charge in [0.25, 0.3) is 10.0 Å². The van der Waals surface area contributed by atoms with Gasteiger partial charge in [0.2, 0.25) is 11.8 Å². The van der Waals surface area contributed by atoms with Gasteiger partial charge in [-0.3, -0.25) is 4.68 Å². The van der Waals surface area contributed by atoms with Gasteiger partial charge in [-0.25, -0.2) is 18.1 Å². The standard InChI is InChI=1S/C32H40N6O3S/c1-6-28-30(29-13-8-7-10-25(29)18-22(2)3)34-32(36-42(39,40)27-20-33-38(5)21-27)35-31(28)41-26-12-9-11-24(19-26)23-14-16-37(4)17-15-23/h7-13,19-23H,6,14-18H2,1-5H3,(H,34,35,36). The number of hydrogen-bond donors (Lipinski definition) is 1. The van der Waals surface area contributed by atoms with Crippen LogP contribution in [0.4, 0.5) is 5.95 Å². The highest BCUT2D eigenvalue weighted by Gasteiger charge is 2.24. The molecule has 1 aliphatic rings. The summed E-state index contributed by atoms with van der Waals surface area (Å²) in [5, 5.41) is 4.01. The largest absolute Gasteiger partial charge is 0.439 e. The lowest BCUT2D eigenvalue weighted by molar-refractivity contribution is 0.255. The molecule has 1 saturated heterocycles.